The molecular weight excluding hydrogens is 494 g/mol. The molecule has 0 unspecified atom stereocenters. The van der Waals surface area contributed by atoms with E-state index in [4.69, 9.17) is 4.52 Å². The number of hydrogen-bond donors (Lipinski definition) is 1. The van der Waals surface area contributed by atoms with Crippen molar-refractivity contribution in [3.8, 4) is 0 Å². The number of nitro groups is 1. The average Bonchev–Trinajstić information content (AvgIpc) is 3.46. The molecule has 4 rings (SSSR count). The van der Waals surface area contributed by atoms with Gasteiger partial charge in [0, 0.05) is 4.47 Å². The predicted molar refractivity (Wildman–Crippen MR) is 122 cm³/mol. The molecule has 0 aliphatic carbocycles. The number of anilines is 1. The molecule has 3 heterocycles. The van der Waals surface area contributed by atoms with Crippen molar-refractivity contribution in [3.63, 3.8) is 0 Å². The van der Waals surface area contributed by atoms with Crippen LogP contribution in [-0.4, -0.2) is 35.5 Å². The van der Waals surface area contributed by atoms with E-state index in [0.29, 0.717) is 29.2 Å². The van der Waals surface area contributed by atoms with Crippen molar-refractivity contribution >= 4 is 33.3 Å². The minimum atomic E-state index is -0.581. The minimum Gasteiger partial charge on any atom is -0.361 e. The Labute approximate surface area is 196 Å². The van der Waals surface area contributed by atoms with Crippen LogP contribution in [0.5, 0.6) is 0 Å². The molecule has 1 aromatic carbocycles. The van der Waals surface area contributed by atoms with E-state index >= 15 is 0 Å². The molecule has 0 spiro atoms. The average molecular weight is 514 g/mol. The van der Waals surface area contributed by atoms with E-state index in [2.05, 4.69) is 36.6 Å². The van der Waals surface area contributed by atoms with Crippen LogP contribution in [0.15, 0.2) is 45.5 Å². The Kier molecular flexibility index (Phi) is 6.09. The van der Waals surface area contributed by atoms with Gasteiger partial charge in [-0.05, 0) is 43.4 Å². The zero-order valence-corrected chi connectivity index (χ0v) is 19.7. The summed E-state index contributed by atoms with van der Waals surface area (Å²) in [5, 5.41) is 26.1. The summed E-state index contributed by atoms with van der Waals surface area (Å²) >= 11 is 3.43. The molecule has 1 amide bonds. The van der Waals surface area contributed by atoms with Crippen molar-refractivity contribution in [2.45, 2.75) is 33.9 Å². The highest BCUT2D eigenvalue weighted by molar-refractivity contribution is 9.10. The van der Waals surface area contributed by atoms with Crippen molar-refractivity contribution < 1.29 is 14.2 Å². The molecule has 0 fully saturated rings. The quantitative estimate of drug-likeness (QED) is 0.291. The molecule has 1 N–H and O–H groups in total. The molecular formula is C21H20BrN7O4. The summed E-state index contributed by atoms with van der Waals surface area (Å²) in [6, 6.07) is 9.22. The van der Waals surface area contributed by atoms with Gasteiger partial charge in [0.25, 0.3) is 5.91 Å². The zero-order chi connectivity index (χ0) is 23.7. The smallest absolute Gasteiger partial charge is 0.361 e. The third kappa shape index (κ3) is 4.70. The lowest BCUT2D eigenvalue weighted by molar-refractivity contribution is -0.389. The molecule has 11 nitrogen and oxygen atoms in total. The number of benzene rings is 1. The second kappa shape index (κ2) is 8.98. The molecule has 0 saturated carbocycles. The van der Waals surface area contributed by atoms with Crippen LogP contribution < -0.4 is 5.32 Å². The lowest BCUT2D eigenvalue weighted by Gasteiger charge is -2.07. The number of aryl methyl sites for hydroxylation is 2. The topological polar surface area (TPSA) is 134 Å². The van der Waals surface area contributed by atoms with Crippen LogP contribution in [0.2, 0.25) is 0 Å². The molecule has 0 aliphatic heterocycles. The fraction of sp³-hybridized carbons (Fsp3) is 0.238. The summed E-state index contributed by atoms with van der Waals surface area (Å²) in [4.78, 5) is 23.3. The molecule has 0 saturated heterocycles. The maximum atomic E-state index is 13.0. The highest BCUT2D eigenvalue weighted by Gasteiger charge is 2.24. The van der Waals surface area contributed by atoms with Gasteiger partial charge in [-0.2, -0.15) is 9.78 Å². The highest BCUT2D eigenvalue weighted by atomic mass is 79.9. The molecule has 33 heavy (non-hydrogen) atoms. The van der Waals surface area contributed by atoms with Gasteiger partial charge in [-0.3, -0.25) is 9.48 Å². The molecule has 0 aliphatic rings. The van der Waals surface area contributed by atoms with Crippen LogP contribution >= 0.6 is 15.9 Å². The molecule has 12 heteroatoms. The first kappa shape index (κ1) is 22.4. The van der Waals surface area contributed by atoms with E-state index in [0.717, 1.165) is 15.7 Å². The van der Waals surface area contributed by atoms with Gasteiger partial charge in [-0.1, -0.05) is 33.2 Å². The first-order chi connectivity index (χ1) is 15.7. The number of rotatable bonds is 7. The molecule has 0 bridgehead atoms. The maximum Gasteiger partial charge on any atom is 0.389 e. The minimum absolute atomic E-state index is 0.0881. The first-order valence-corrected chi connectivity index (χ1v) is 10.7. The third-order valence-electron chi connectivity index (χ3n) is 5.20. The largest absolute Gasteiger partial charge is 0.389 e. The van der Waals surface area contributed by atoms with Crippen LogP contribution in [0.3, 0.4) is 0 Å². The number of halogens is 1. The van der Waals surface area contributed by atoms with Gasteiger partial charge in [0.2, 0.25) is 0 Å². The van der Waals surface area contributed by atoms with Gasteiger partial charge >= 0.3 is 5.82 Å². The number of nitrogens with one attached hydrogen (secondary N) is 1. The van der Waals surface area contributed by atoms with Crippen molar-refractivity contribution in [2.75, 3.05) is 5.32 Å². The predicted octanol–water partition coefficient (Wildman–Crippen LogP) is 4.01. The van der Waals surface area contributed by atoms with Crippen molar-refractivity contribution in [1.29, 1.82) is 0 Å². The monoisotopic (exact) mass is 513 g/mol. The Bertz CT molecular complexity index is 1340. The van der Waals surface area contributed by atoms with E-state index in [1.165, 1.54) is 16.9 Å². The van der Waals surface area contributed by atoms with Crippen LogP contribution in [0.1, 0.15) is 38.8 Å². The number of hydrogen-bond acceptors (Lipinski definition) is 7. The first-order valence-electron chi connectivity index (χ1n) is 9.95. The van der Waals surface area contributed by atoms with Gasteiger partial charge in [0.15, 0.2) is 5.69 Å². The standard InChI is InChI=1S/C21H20BrN7O4/c1-12-19(13(2)28(24-12)10-15-4-6-16(22)7-5-15)23-21(30)20-17(14(3)33-26-20)11-27-9-8-18(25-27)29(31)32/h4-9H,10-11H2,1-3H3,(H,23,30). The summed E-state index contributed by atoms with van der Waals surface area (Å²) in [5.74, 6) is -0.310. The fourth-order valence-corrected chi connectivity index (χ4v) is 3.69. The van der Waals surface area contributed by atoms with Crippen molar-refractivity contribution in [2.24, 2.45) is 0 Å². The Morgan fingerprint density at radius 2 is 1.88 bits per heavy atom. The fourth-order valence-electron chi connectivity index (χ4n) is 3.42. The molecule has 4 aromatic rings. The normalized spacial score (nSPS) is 11.0. The summed E-state index contributed by atoms with van der Waals surface area (Å²) in [5.41, 5.74) is 3.71. The van der Waals surface area contributed by atoms with E-state index in [1.807, 2.05) is 42.8 Å². The number of aromatic nitrogens is 5. The van der Waals surface area contributed by atoms with Gasteiger partial charge in [0.1, 0.15) is 5.76 Å². The molecule has 0 atom stereocenters. The van der Waals surface area contributed by atoms with Crippen molar-refractivity contribution in [3.05, 3.63) is 85.1 Å². The molecule has 3 aromatic heterocycles. The Morgan fingerprint density at radius 1 is 1.15 bits per heavy atom. The Balaban J connectivity index is 1.54. The van der Waals surface area contributed by atoms with E-state index in [1.54, 1.807) is 6.92 Å². The van der Waals surface area contributed by atoms with E-state index in [9.17, 15) is 14.9 Å². The number of carbonyl (C=O) groups excluding carboxylic acids is 1. The summed E-state index contributed by atoms with van der Waals surface area (Å²) in [6.45, 7) is 6.03. The molecule has 0 radical (unpaired) electrons. The molecule has 170 valence electrons. The SMILES string of the molecule is Cc1nn(Cc2ccc(Br)cc2)c(C)c1NC(=O)c1noc(C)c1Cn1ccc([N+](=O)[O-])n1. The van der Waals surface area contributed by atoms with Crippen LogP contribution in [0.4, 0.5) is 11.5 Å². The van der Waals surface area contributed by atoms with Gasteiger partial charge in [-0.15, -0.1) is 0 Å². The van der Waals surface area contributed by atoms with Gasteiger partial charge < -0.3 is 20.0 Å². The third-order valence-corrected chi connectivity index (χ3v) is 5.73. The zero-order valence-electron chi connectivity index (χ0n) is 18.1. The van der Waals surface area contributed by atoms with E-state index in [-0.39, 0.29) is 18.1 Å². The number of nitrogens with zero attached hydrogens (tertiary/aromatic N) is 6. The maximum absolute atomic E-state index is 13.0. The van der Waals surface area contributed by atoms with Crippen LogP contribution in [0.25, 0.3) is 0 Å². The Hall–Kier alpha value is -3.80. The summed E-state index contributed by atoms with van der Waals surface area (Å²) < 4.78 is 9.41. The number of amides is 1. The van der Waals surface area contributed by atoms with Crippen molar-refractivity contribution in [1.82, 2.24) is 24.7 Å². The second-order valence-corrected chi connectivity index (χ2v) is 8.39. The van der Waals surface area contributed by atoms with Gasteiger partial charge in [-0.25, -0.2) is 0 Å². The second-order valence-electron chi connectivity index (χ2n) is 7.48. The highest BCUT2D eigenvalue weighted by Crippen LogP contribution is 2.23. The summed E-state index contributed by atoms with van der Waals surface area (Å²) in [6.07, 6.45) is 1.46. The summed E-state index contributed by atoms with van der Waals surface area (Å²) in [7, 11) is 0. The van der Waals surface area contributed by atoms with Gasteiger partial charge in [0.05, 0.1) is 53.1 Å². The Morgan fingerprint density at radius 3 is 2.55 bits per heavy atom. The lowest BCUT2D eigenvalue weighted by atomic mass is 10.1. The van der Waals surface area contributed by atoms with Crippen LogP contribution in [-0.2, 0) is 13.1 Å². The van der Waals surface area contributed by atoms with E-state index < -0.39 is 10.8 Å². The van der Waals surface area contributed by atoms with Crippen LogP contribution in [0, 0.1) is 30.9 Å². The lowest BCUT2D eigenvalue weighted by Crippen LogP contribution is -2.17. The number of carbonyl (C=O) groups is 1.